The summed E-state index contributed by atoms with van der Waals surface area (Å²) < 4.78 is 5.20. The first-order chi connectivity index (χ1) is 13.3. The van der Waals surface area contributed by atoms with Crippen LogP contribution in [0.4, 0.5) is 5.69 Å². The van der Waals surface area contributed by atoms with E-state index in [4.69, 9.17) is 10.5 Å². The number of hydrogen-bond acceptors (Lipinski definition) is 2. The maximum atomic E-state index is 5.33. The van der Waals surface area contributed by atoms with Gasteiger partial charge in [-0.2, -0.15) is 30.3 Å². The summed E-state index contributed by atoms with van der Waals surface area (Å²) >= 11 is 0. The van der Waals surface area contributed by atoms with Crippen LogP contribution in [-0.4, -0.2) is 7.11 Å². The number of hydrogen-bond donors (Lipinski definition) is 1. The summed E-state index contributed by atoms with van der Waals surface area (Å²) in [5, 5.41) is 0. The van der Waals surface area contributed by atoms with E-state index in [1.54, 1.807) is 13.2 Å². The van der Waals surface area contributed by atoms with E-state index in [0.717, 1.165) is 17.4 Å². The maximum Gasteiger partial charge on any atom is 0.118 e. The van der Waals surface area contributed by atoms with Crippen molar-refractivity contribution in [2.45, 2.75) is 38.0 Å². The van der Waals surface area contributed by atoms with Gasteiger partial charge in [0, 0.05) is 18.6 Å². The maximum absolute atomic E-state index is 5.33. The van der Waals surface area contributed by atoms with Crippen LogP contribution in [0.3, 0.4) is 0 Å². The molecule has 1 fully saturated rings. The Bertz CT molecular complexity index is 794. The number of nitrogen functional groups attached to an aromatic ring is 1. The van der Waals surface area contributed by atoms with Crippen LogP contribution >= 0.6 is 0 Å². The third-order valence-electron chi connectivity index (χ3n) is 5.14. The first kappa shape index (κ1) is 22.1. The van der Waals surface area contributed by atoms with E-state index in [-0.39, 0.29) is 18.6 Å². The molecule has 3 aromatic carbocycles. The van der Waals surface area contributed by atoms with Gasteiger partial charge in [0.15, 0.2) is 0 Å². The fourth-order valence-electron chi connectivity index (χ4n) is 3.57. The van der Waals surface area contributed by atoms with E-state index >= 15 is 0 Å². The van der Waals surface area contributed by atoms with Crippen molar-refractivity contribution in [1.29, 1.82) is 0 Å². The summed E-state index contributed by atoms with van der Waals surface area (Å²) in [7, 11) is 1.70. The molecule has 0 aromatic heterocycles. The van der Waals surface area contributed by atoms with Gasteiger partial charge in [-0.1, -0.05) is 61.3 Å². The van der Waals surface area contributed by atoms with E-state index in [2.05, 4.69) is 42.5 Å². The Morgan fingerprint density at radius 2 is 1.46 bits per heavy atom. The molecule has 1 saturated carbocycles. The Kier molecular flexibility index (Phi) is 9.20. The van der Waals surface area contributed by atoms with Crippen molar-refractivity contribution in [3.8, 4) is 16.9 Å². The molecule has 0 spiro atoms. The third-order valence-corrected chi connectivity index (χ3v) is 5.14. The molecule has 4 rings (SSSR count). The molecular formula is C25H28NOV-. The van der Waals surface area contributed by atoms with Crippen molar-refractivity contribution in [3.05, 3.63) is 84.4 Å². The standard InChI is InChI=1S/C19H22O.C6H6N.V/c1-20-19-13-11-18(12-14-19)17-9-7-16(8-10-17)15-5-3-2-4-6-15;7-6-4-2-1-3-5-6;/h7-15H,2-6H2,1H3;1-2,4-5H,7H2;/q;-1;. The number of rotatable bonds is 3. The number of ether oxygens (including phenoxy) is 1. The Morgan fingerprint density at radius 1 is 0.857 bits per heavy atom. The van der Waals surface area contributed by atoms with Gasteiger partial charge in [-0.15, -0.1) is 0 Å². The van der Waals surface area contributed by atoms with Crippen LogP contribution in [0.25, 0.3) is 11.1 Å². The number of nitrogens with two attached hydrogens (primary N) is 1. The average molecular weight is 409 g/mol. The first-order valence-corrected chi connectivity index (χ1v) is 9.72. The van der Waals surface area contributed by atoms with Crippen molar-refractivity contribution in [2.24, 2.45) is 0 Å². The van der Waals surface area contributed by atoms with Crippen molar-refractivity contribution >= 4 is 5.69 Å². The predicted molar refractivity (Wildman–Crippen MR) is 114 cm³/mol. The monoisotopic (exact) mass is 409 g/mol. The average Bonchev–Trinajstić information content (AvgIpc) is 2.76. The van der Waals surface area contributed by atoms with Gasteiger partial charge in [-0.25, -0.2) is 0 Å². The van der Waals surface area contributed by atoms with E-state index < -0.39 is 0 Å². The summed E-state index contributed by atoms with van der Waals surface area (Å²) in [5.74, 6) is 1.70. The van der Waals surface area contributed by atoms with E-state index in [1.165, 1.54) is 48.8 Å². The molecule has 2 nitrogen and oxygen atoms in total. The fraction of sp³-hybridized carbons (Fsp3) is 0.280. The first-order valence-electron chi connectivity index (χ1n) is 9.72. The Hall–Kier alpha value is -2.16. The summed E-state index contributed by atoms with van der Waals surface area (Å²) in [5.41, 5.74) is 10.1. The molecule has 0 aliphatic heterocycles. The van der Waals surface area contributed by atoms with Crippen molar-refractivity contribution in [3.63, 3.8) is 0 Å². The smallest absolute Gasteiger partial charge is 0.118 e. The minimum atomic E-state index is 0. The summed E-state index contributed by atoms with van der Waals surface area (Å²) in [4.78, 5) is 0. The van der Waals surface area contributed by atoms with Gasteiger partial charge in [0.1, 0.15) is 5.75 Å². The molecule has 3 aromatic rings. The van der Waals surface area contributed by atoms with E-state index in [0.29, 0.717) is 0 Å². The summed E-state index contributed by atoms with van der Waals surface area (Å²) in [6, 6.07) is 27.5. The number of benzene rings is 3. The SMILES string of the molecule is COc1ccc(-c2ccc(C3CCCCC3)cc2)cc1.Nc1c[c-]ccc1.[V]. The normalized spacial score (nSPS) is 13.6. The van der Waals surface area contributed by atoms with Crippen LogP contribution in [0.15, 0.2) is 72.8 Å². The van der Waals surface area contributed by atoms with Gasteiger partial charge in [-0.05, 0) is 47.6 Å². The van der Waals surface area contributed by atoms with Crippen molar-refractivity contribution < 1.29 is 23.3 Å². The molecule has 28 heavy (non-hydrogen) atoms. The predicted octanol–water partition coefficient (Wildman–Crippen LogP) is 6.48. The second kappa shape index (κ2) is 11.6. The molecular weight excluding hydrogens is 381 g/mol. The van der Waals surface area contributed by atoms with E-state index in [1.807, 2.05) is 30.3 Å². The second-order valence-corrected chi connectivity index (χ2v) is 7.02. The Balaban J connectivity index is 0.000000298. The van der Waals surface area contributed by atoms with Crippen molar-refractivity contribution in [1.82, 2.24) is 0 Å². The van der Waals surface area contributed by atoms with Gasteiger partial charge in [0.25, 0.3) is 0 Å². The van der Waals surface area contributed by atoms with Gasteiger partial charge in [-0.3, -0.25) is 0 Å². The second-order valence-electron chi connectivity index (χ2n) is 7.02. The Morgan fingerprint density at radius 3 is 1.93 bits per heavy atom. The summed E-state index contributed by atoms with van der Waals surface area (Å²) in [6.07, 6.45) is 6.93. The third kappa shape index (κ3) is 6.47. The molecule has 0 amide bonds. The van der Waals surface area contributed by atoms with Crippen LogP contribution in [0, 0.1) is 6.07 Å². The summed E-state index contributed by atoms with van der Waals surface area (Å²) in [6.45, 7) is 0. The zero-order valence-electron chi connectivity index (χ0n) is 16.5. The molecule has 0 unspecified atom stereocenters. The molecule has 0 bridgehead atoms. The van der Waals surface area contributed by atoms with Crippen LogP contribution in [0.1, 0.15) is 43.6 Å². The molecule has 0 saturated heterocycles. The molecule has 0 heterocycles. The van der Waals surface area contributed by atoms with Gasteiger partial charge in [0.05, 0.1) is 7.11 Å². The molecule has 1 aliphatic carbocycles. The van der Waals surface area contributed by atoms with Crippen molar-refractivity contribution in [2.75, 3.05) is 12.8 Å². The molecule has 1 radical (unpaired) electrons. The Labute approximate surface area is 181 Å². The largest absolute Gasteiger partial charge is 0.497 e. The van der Waals surface area contributed by atoms with Crippen LogP contribution in [0.2, 0.25) is 0 Å². The zero-order chi connectivity index (χ0) is 18.9. The van der Waals surface area contributed by atoms with E-state index in [9.17, 15) is 0 Å². The quantitative estimate of drug-likeness (QED) is 0.397. The molecule has 2 N–H and O–H groups in total. The molecule has 1 aliphatic rings. The van der Waals surface area contributed by atoms with Crippen LogP contribution in [-0.2, 0) is 18.6 Å². The topological polar surface area (TPSA) is 35.2 Å². The van der Waals surface area contributed by atoms with Gasteiger partial charge < -0.3 is 10.5 Å². The zero-order valence-corrected chi connectivity index (χ0v) is 17.9. The minimum Gasteiger partial charge on any atom is -0.497 e. The fourth-order valence-corrected chi connectivity index (χ4v) is 3.57. The van der Waals surface area contributed by atoms with Crippen LogP contribution < -0.4 is 10.5 Å². The van der Waals surface area contributed by atoms with Crippen LogP contribution in [0.5, 0.6) is 5.75 Å². The van der Waals surface area contributed by atoms with Gasteiger partial charge in [0.2, 0.25) is 0 Å². The number of methoxy groups -OCH3 is 1. The molecule has 0 atom stereocenters. The van der Waals surface area contributed by atoms with Gasteiger partial charge >= 0.3 is 0 Å². The molecule has 3 heteroatoms. The molecule has 145 valence electrons. The number of anilines is 1. The minimum absolute atomic E-state index is 0.